The fourth-order valence-electron chi connectivity index (χ4n) is 3.82. The topological polar surface area (TPSA) is 49.4 Å². The van der Waals surface area contributed by atoms with Crippen molar-refractivity contribution in [3.63, 3.8) is 0 Å². The van der Waals surface area contributed by atoms with Gasteiger partial charge < -0.3 is 5.32 Å². The first-order chi connectivity index (χ1) is 9.87. The van der Waals surface area contributed by atoms with Gasteiger partial charge in [-0.15, -0.1) is 0 Å². The third kappa shape index (κ3) is 5.22. The molecule has 1 aliphatic heterocycles. The van der Waals surface area contributed by atoms with Crippen molar-refractivity contribution in [1.82, 2.24) is 10.2 Å². The highest BCUT2D eigenvalue weighted by Crippen LogP contribution is 2.30. The summed E-state index contributed by atoms with van der Waals surface area (Å²) in [6, 6.07) is 1.02. The van der Waals surface area contributed by atoms with E-state index in [-0.39, 0.29) is 0 Å². The Morgan fingerprint density at radius 1 is 1.19 bits per heavy atom. The van der Waals surface area contributed by atoms with Gasteiger partial charge in [0.15, 0.2) is 0 Å². The number of nitrogens with zero attached hydrogens (tertiary/aromatic N) is 1. The molecule has 1 aliphatic carbocycles. The molecule has 4 nitrogen and oxygen atoms in total. The average molecular weight is 317 g/mol. The predicted octanol–water partition coefficient (Wildman–Crippen LogP) is 1.91. The van der Waals surface area contributed by atoms with Crippen LogP contribution in [0.15, 0.2) is 0 Å². The van der Waals surface area contributed by atoms with E-state index in [9.17, 15) is 8.42 Å². The first-order valence-electron chi connectivity index (χ1n) is 8.52. The van der Waals surface area contributed by atoms with Crippen molar-refractivity contribution in [2.24, 2.45) is 11.8 Å². The fraction of sp³-hybridized carbons (Fsp3) is 1.00. The zero-order valence-electron chi connectivity index (χ0n) is 13.8. The third-order valence-electron chi connectivity index (χ3n) is 5.24. The molecule has 0 amide bonds. The molecule has 5 heteroatoms. The molecule has 0 aromatic rings. The Balaban J connectivity index is 2.01. The molecule has 2 unspecified atom stereocenters. The molecular weight excluding hydrogens is 284 g/mol. The lowest BCUT2D eigenvalue weighted by atomic mass is 9.81. The second kappa shape index (κ2) is 7.42. The minimum atomic E-state index is -2.88. The molecule has 1 N–H and O–H groups in total. The Labute approximate surface area is 130 Å². The van der Waals surface area contributed by atoms with Crippen molar-refractivity contribution in [3.05, 3.63) is 0 Å². The van der Waals surface area contributed by atoms with Gasteiger partial charge in [0.05, 0.1) is 5.75 Å². The van der Waals surface area contributed by atoms with Gasteiger partial charge in [-0.05, 0) is 24.7 Å². The molecule has 1 saturated carbocycles. The molecule has 0 radical (unpaired) electrons. The lowest BCUT2D eigenvalue weighted by molar-refractivity contribution is 0.0668. The van der Waals surface area contributed by atoms with Gasteiger partial charge >= 0.3 is 0 Å². The van der Waals surface area contributed by atoms with Crippen molar-refractivity contribution in [2.45, 2.75) is 58.0 Å². The highest BCUT2D eigenvalue weighted by molar-refractivity contribution is 7.90. The molecule has 2 aliphatic rings. The van der Waals surface area contributed by atoms with Crippen LogP contribution in [0.2, 0.25) is 0 Å². The Kier molecular flexibility index (Phi) is 6.09. The van der Waals surface area contributed by atoms with Gasteiger partial charge in [0.2, 0.25) is 0 Å². The van der Waals surface area contributed by atoms with Crippen LogP contribution in [-0.4, -0.2) is 57.0 Å². The zero-order valence-corrected chi connectivity index (χ0v) is 14.7. The van der Waals surface area contributed by atoms with Gasteiger partial charge in [-0.2, -0.15) is 0 Å². The maximum atomic E-state index is 11.5. The standard InChI is InChI=1S/C16H32N2O2S/c1-13(2)15-12-18(9-10-21(3,19)20)16(11-17-15)14-7-5-4-6-8-14/h13-17H,4-12H2,1-3H3. The highest BCUT2D eigenvalue weighted by atomic mass is 32.2. The summed E-state index contributed by atoms with van der Waals surface area (Å²) >= 11 is 0. The maximum absolute atomic E-state index is 11.5. The van der Waals surface area contributed by atoms with Crippen LogP contribution in [0.25, 0.3) is 0 Å². The van der Waals surface area contributed by atoms with E-state index in [1.807, 2.05) is 0 Å². The molecule has 1 saturated heterocycles. The van der Waals surface area contributed by atoms with Gasteiger partial charge in [0.1, 0.15) is 9.84 Å². The first kappa shape index (κ1) is 17.2. The summed E-state index contributed by atoms with van der Waals surface area (Å²) in [4.78, 5) is 2.47. The summed E-state index contributed by atoms with van der Waals surface area (Å²) in [6.45, 7) is 7.21. The lowest BCUT2D eigenvalue weighted by Gasteiger charge is -2.46. The number of hydrogen-bond acceptors (Lipinski definition) is 4. The summed E-state index contributed by atoms with van der Waals surface area (Å²) in [6.07, 6.45) is 8.03. The van der Waals surface area contributed by atoms with Crippen molar-refractivity contribution in [1.29, 1.82) is 0 Å². The Hall–Kier alpha value is -0.130. The fourth-order valence-corrected chi connectivity index (χ4v) is 4.39. The van der Waals surface area contributed by atoms with Crippen LogP contribution in [0.5, 0.6) is 0 Å². The largest absolute Gasteiger partial charge is 0.311 e. The van der Waals surface area contributed by atoms with E-state index in [2.05, 4.69) is 24.1 Å². The smallest absolute Gasteiger partial charge is 0.148 e. The van der Waals surface area contributed by atoms with E-state index in [0.717, 1.165) is 19.0 Å². The summed E-state index contributed by atoms with van der Waals surface area (Å²) in [5.74, 6) is 1.64. The molecule has 124 valence electrons. The van der Waals surface area contributed by atoms with Crippen LogP contribution < -0.4 is 5.32 Å². The lowest BCUT2D eigenvalue weighted by Crippen LogP contribution is -2.61. The van der Waals surface area contributed by atoms with Gasteiger partial charge in [0, 0.05) is 38.0 Å². The van der Waals surface area contributed by atoms with Gasteiger partial charge in [-0.1, -0.05) is 33.1 Å². The first-order valence-corrected chi connectivity index (χ1v) is 10.6. The van der Waals surface area contributed by atoms with E-state index in [4.69, 9.17) is 0 Å². The Bertz CT molecular complexity index is 416. The van der Waals surface area contributed by atoms with Crippen molar-refractivity contribution in [3.8, 4) is 0 Å². The molecule has 2 atom stereocenters. The maximum Gasteiger partial charge on any atom is 0.148 e. The minimum absolute atomic E-state index is 0.293. The number of hydrogen-bond donors (Lipinski definition) is 1. The minimum Gasteiger partial charge on any atom is -0.311 e. The molecule has 0 spiro atoms. The van der Waals surface area contributed by atoms with Crippen LogP contribution >= 0.6 is 0 Å². The number of piperazine rings is 1. The van der Waals surface area contributed by atoms with Crippen LogP contribution in [0.1, 0.15) is 46.0 Å². The van der Waals surface area contributed by atoms with Crippen LogP contribution in [0.3, 0.4) is 0 Å². The quantitative estimate of drug-likeness (QED) is 0.842. The van der Waals surface area contributed by atoms with Gasteiger partial charge in [-0.3, -0.25) is 4.90 Å². The van der Waals surface area contributed by atoms with E-state index in [0.29, 0.717) is 30.3 Å². The molecule has 0 bridgehead atoms. The van der Waals surface area contributed by atoms with E-state index in [1.54, 1.807) is 0 Å². The average Bonchev–Trinajstić information content (AvgIpc) is 2.45. The molecule has 0 aromatic heterocycles. The van der Waals surface area contributed by atoms with E-state index < -0.39 is 9.84 Å². The molecule has 21 heavy (non-hydrogen) atoms. The van der Waals surface area contributed by atoms with Crippen molar-refractivity contribution < 1.29 is 8.42 Å². The highest BCUT2D eigenvalue weighted by Gasteiger charge is 2.34. The number of nitrogens with one attached hydrogen (secondary N) is 1. The third-order valence-corrected chi connectivity index (χ3v) is 6.16. The van der Waals surface area contributed by atoms with Gasteiger partial charge in [-0.25, -0.2) is 8.42 Å². The second-order valence-corrected chi connectivity index (χ2v) is 9.61. The monoisotopic (exact) mass is 316 g/mol. The Morgan fingerprint density at radius 3 is 2.43 bits per heavy atom. The summed E-state index contributed by atoms with van der Waals surface area (Å²) in [5.41, 5.74) is 0. The van der Waals surface area contributed by atoms with Gasteiger partial charge in [0.25, 0.3) is 0 Å². The predicted molar refractivity (Wildman–Crippen MR) is 88.3 cm³/mol. The molecule has 2 fully saturated rings. The SMILES string of the molecule is CC(C)C1CN(CCS(C)(=O)=O)C(C2CCCCC2)CN1. The Morgan fingerprint density at radius 2 is 1.86 bits per heavy atom. The summed E-state index contributed by atoms with van der Waals surface area (Å²) in [5, 5.41) is 3.70. The molecular formula is C16H32N2O2S. The number of sulfone groups is 1. The zero-order chi connectivity index (χ0) is 15.5. The summed E-state index contributed by atoms with van der Waals surface area (Å²) < 4.78 is 23.1. The normalized spacial score (nSPS) is 29.9. The second-order valence-electron chi connectivity index (χ2n) is 7.35. The molecule has 1 heterocycles. The van der Waals surface area contributed by atoms with E-state index in [1.165, 1.54) is 38.4 Å². The molecule has 0 aromatic carbocycles. The number of rotatable bonds is 5. The molecule has 2 rings (SSSR count). The van der Waals surface area contributed by atoms with Crippen LogP contribution in [0.4, 0.5) is 0 Å². The van der Waals surface area contributed by atoms with Crippen molar-refractivity contribution in [2.75, 3.05) is 31.6 Å². The van der Waals surface area contributed by atoms with Crippen LogP contribution in [0, 0.1) is 11.8 Å². The van der Waals surface area contributed by atoms with Crippen molar-refractivity contribution >= 4 is 9.84 Å². The van der Waals surface area contributed by atoms with E-state index >= 15 is 0 Å². The summed E-state index contributed by atoms with van der Waals surface area (Å²) in [7, 11) is -2.88. The van der Waals surface area contributed by atoms with Crippen LogP contribution in [-0.2, 0) is 9.84 Å².